The summed E-state index contributed by atoms with van der Waals surface area (Å²) in [6.45, 7) is 6.12. The number of nitrogens with one attached hydrogen (secondary N) is 1. The Morgan fingerprint density at radius 1 is 1.18 bits per heavy atom. The van der Waals surface area contributed by atoms with Gasteiger partial charge in [0.2, 0.25) is 11.8 Å². The molecule has 176 valence electrons. The maximum atomic E-state index is 13.4. The van der Waals surface area contributed by atoms with E-state index in [1.165, 1.54) is 28.3 Å². The number of fused-ring (bicyclic) bond motifs is 1. The van der Waals surface area contributed by atoms with Gasteiger partial charge in [-0.2, -0.15) is 0 Å². The molecular formula is C27H30N4O2S. The van der Waals surface area contributed by atoms with Gasteiger partial charge in [0.1, 0.15) is 10.9 Å². The lowest BCUT2D eigenvalue weighted by Crippen LogP contribution is -2.53. The van der Waals surface area contributed by atoms with Crippen molar-refractivity contribution in [2.24, 2.45) is 10.9 Å². The molecule has 1 aromatic carbocycles. The minimum atomic E-state index is -0.498. The van der Waals surface area contributed by atoms with Gasteiger partial charge < -0.3 is 14.8 Å². The Labute approximate surface area is 204 Å². The zero-order chi connectivity index (χ0) is 23.8. The lowest BCUT2D eigenvalue weighted by Gasteiger charge is -2.31. The van der Waals surface area contributed by atoms with Gasteiger partial charge in [-0.15, -0.1) is 11.3 Å². The summed E-state index contributed by atoms with van der Waals surface area (Å²) in [4.78, 5) is 33.0. The van der Waals surface area contributed by atoms with Gasteiger partial charge in [0.25, 0.3) is 0 Å². The van der Waals surface area contributed by atoms with E-state index in [-0.39, 0.29) is 23.8 Å². The molecule has 2 aliphatic heterocycles. The number of carbonyl (C=O) groups is 2. The summed E-state index contributed by atoms with van der Waals surface area (Å²) >= 11 is 1.75. The molecule has 1 N–H and O–H groups in total. The van der Waals surface area contributed by atoms with E-state index >= 15 is 0 Å². The van der Waals surface area contributed by atoms with Crippen molar-refractivity contribution >= 4 is 44.7 Å². The van der Waals surface area contributed by atoms with Crippen molar-refractivity contribution in [2.45, 2.75) is 52.1 Å². The smallest absolute Gasteiger partial charge is 0.245 e. The van der Waals surface area contributed by atoms with Crippen molar-refractivity contribution in [3.05, 3.63) is 59.7 Å². The van der Waals surface area contributed by atoms with Gasteiger partial charge in [0.05, 0.1) is 6.04 Å². The Morgan fingerprint density at radius 3 is 2.71 bits per heavy atom. The van der Waals surface area contributed by atoms with Gasteiger partial charge in [0, 0.05) is 54.5 Å². The van der Waals surface area contributed by atoms with E-state index in [0.29, 0.717) is 6.54 Å². The number of rotatable bonds is 6. The minimum absolute atomic E-state index is 0.000647. The Balaban J connectivity index is 1.34. The van der Waals surface area contributed by atoms with Crippen molar-refractivity contribution in [2.75, 3.05) is 6.54 Å². The highest BCUT2D eigenvalue weighted by atomic mass is 32.1. The molecule has 0 saturated carbocycles. The summed E-state index contributed by atoms with van der Waals surface area (Å²) < 4.78 is 2.23. The molecule has 7 heteroatoms. The molecule has 0 aliphatic carbocycles. The van der Waals surface area contributed by atoms with Crippen LogP contribution in [0.3, 0.4) is 0 Å². The SMILES string of the molecule is CC(=O)N[C@H](C(=O)N1CCCC1C1=NC=C(c2csc3c2ccn3-c2ccccc2)C1)C(C)C. The maximum absolute atomic E-state index is 13.4. The van der Waals surface area contributed by atoms with Crippen molar-refractivity contribution in [3.63, 3.8) is 0 Å². The van der Waals surface area contributed by atoms with E-state index < -0.39 is 6.04 Å². The second kappa shape index (κ2) is 9.22. The monoisotopic (exact) mass is 474 g/mol. The molecular weight excluding hydrogens is 444 g/mol. The number of benzene rings is 1. The summed E-state index contributed by atoms with van der Waals surface area (Å²) in [7, 11) is 0. The largest absolute Gasteiger partial charge is 0.344 e. The molecule has 2 amide bonds. The van der Waals surface area contributed by atoms with E-state index in [0.717, 1.165) is 30.7 Å². The molecule has 1 saturated heterocycles. The van der Waals surface area contributed by atoms with Crippen LogP contribution >= 0.6 is 11.3 Å². The minimum Gasteiger partial charge on any atom is -0.344 e. The van der Waals surface area contributed by atoms with Gasteiger partial charge in [-0.25, -0.2) is 0 Å². The van der Waals surface area contributed by atoms with Gasteiger partial charge in [-0.3, -0.25) is 14.6 Å². The number of hydrogen-bond donors (Lipinski definition) is 1. The van der Waals surface area contributed by atoms with Crippen LogP contribution in [0.15, 0.2) is 59.2 Å². The van der Waals surface area contributed by atoms with E-state index in [9.17, 15) is 9.59 Å². The van der Waals surface area contributed by atoms with Gasteiger partial charge in [0.15, 0.2) is 0 Å². The molecule has 3 aromatic rings. The van der Waals surface area contributed by atoms with Crippen LogP contribution in [-0.2, 0) is 9.59 Å². The highest BCUT2D eigenvalue weighted by molar-refractivity contribution is 7.17. The van der Waals surface area contributed by atoms with Gasteiger partial charge >= 0.3 is 0 Å². The third-order valence-electron chi connectivity index (χ3n) is 6.77. The average molecular weight is 475 g/mol. The number of nitrogens with zero attached hydrogens (tertiary/aromatic N) is 3. The maximum Gasteiger partial charge on any atom is 0.245 e. The number of hydrogen-bond acceptors (Lipinski definition) is 4. The van der Waals surface area contributed by atoms with E-state index in [1.54, 1.807) is 11.3 Å². The van der Waals surface area contributed by atoms with Gasteiger partial charge in [-0.05, 0) is 48.1 Å². The van der Waals surface area contributed by atoms with Crippen molar-refractivity contribution < 1.29 is 9.59 Å². The molecule has 2 atom stereocenters. The van der Waals surface area contributed by atoms with Crippen molar-refractivity contribution in [1.29, 1.82) is 0 Å². The summed E-state index contributed by atoms with van der Waals surface area (Å²) in [5.41, 5.74) is 4.63. The zero-order valence-electron chi connectivity index (χ0n) is 19.8. The normalized spacial score (nSPS) is 18.9. The molecule has 34 heavy (non-hydrogen) atoms. The number of aromatic nitrogens is 1. The quantitative estimate of drug-likeness (QED) is 0.545. The lowest BCUT2D eigenvalue weighted by molar-refractivity contribution is -0.137. The fourth-order valence-corrected chi connectivity index (χ4v) is 6.16. The van der Waals surface area contributed by atoms with E-state index in [1.807, 2.05) is 31.0 Å². The molecule has 6 nitrogen and oxygen atoms in total. The molecule has 2 aromatic heterocycles. The van der Waals surface area contributed by atoms with E-state index in [4.69, 9.17) is 4.99 Å². The fourth-order valence-electron chi connectivity index (χ4n) is 5.07. The summed E-state index contributed by atoms with van der Waals surface area (Å²) in [5, 5.41) is 6.31. The lowest BCUT2D eigenvalue weighted by atomic mass is 9.97. The molecule has 4 heterocycles. The Morgan fingerprint density at radius 2 is 1.97 bits per heavy atom. The first-order chi connectivity index (χ1) is 16.4. The molecule has 2 aliphatic rings. The fraction of sp³-hybridized carbons (Fsp3) is 0.370. The highest BCUT2D eigenvalue weighted by Gasteiger charge is 2.38. The first kappa shape index (κ1) is 22.6. The number of carbonyl (C=O) groups excluding carboxylic acids is 2. The van der Waals surface area contributed by atoms with Gasteiger partial charge in [-0.1, -0.05) is 32.0 Å². The van der Waals surface area contributed by atoms with Crippen LogP contribution < -0.4 is 5.32 Å². The Kier molecular flexibility index (Phi) is 6.13. The van der Waals surface area contributed by atoms with Crippen LogP contribution in [0, 0.1) is 5.92 Å². The molecule has 5 rings (SSSR count). The second-order valence-electron chi connectivity index (χ2n) is 9.45. The number of aliphatic imine (C=N–C) groups is 1. The zero-order valence-corrected chi connectivity index (χ0v) is 20.6. The topological polar surface area (TPSA) is 66.7 Å². The van der Waals surface area contributed by atoms with Crippen molar-refractivity contribution in [3.8, 4) is 5.69 Å². The predicted molar refractivity (Wildman–Crippen MR) is 138 cm³/mol. The number of amides is 2. The molecule has 0 spiro atoms. The predicted octanol–water partition coefficient (Wildman–Crippen LogP) is 5.03. The first-order valence-corrected chi connectivity index (χ1v) is 12.8. The third kappa shape index (κ3) is 4.09. The standard InChI is InChI=1S/C27H30N4O2S/c1-17(2)25(29-18(3)32)26(33)31-12-7-10-24(31)23-14-19(15-28-23)22-16-34-27-21(22)11-13-30(27)20-8-5-4-6-9-20/h4-6,8-9,11,13,15-17,24-25H,7,10,12,14H2,1-3H3,(H,29,32)/t24?,25-/m0/s1. The molecule has 1 unspecified atom stereocenters. The number of likely N-dealkylation sites (tertiary alicyclic amines) is 1. The van der Waals surface area contributed by atoms with Crippen LogP contribution in [-0.4, -0.2) is 45.6 Å². The summed E-state index contributed by atoms with van der Waals surface area (Å²) in [6, 6.07) is 12.1. The molecule has 0 radical (unpaired) electrons. The number of allylic oxidation sites excluding steroid dienone is 1. The highest BCUT2D eigenvalue weighted by Crippen LogP contribution is 2.38. The van der Waals surface area contributed by atoms with E-state index in [2.05, 4.69) is 51.8 Å². The third-order valence-corrected chi connectivity index (χ3v) is 7.76. The van der Waals surface area contributed by atoms with Crippen LogP contribution in [0.2, 0.25) is 0 Å². The van der Waals surface area contributed by atoms with Crippen LogP contribution in [0.25, 0.3) is 21.5 Å². The molecule has 0 bridgehead atoms. The Bertz CT molecular complexity index is 1280. The Hall–Kier alpha value is -3.19. The number of para-hydroxylation sites is 1. The molecule has 1 fully saturated rings. The summed E-state index contributed by atoms with van der Waals surface area (Å²) in [6.07, 6.45) is 6.73. The van der Waals surface area contributed by atoms with Crippen molar-refractivity contribution in [1.82, 2.24) is 14.8 Å². The van der Waals surface area contributed by atoms with Crippen LogP contribution in [0.1, 0.15) is 45.6 Å². The van der Waals surface area contributed by atoms with Crippen LogP contribution in [0.4, 0.5) is 0 Å². The van der Waals surface area contributed by atoms with Crippen LogP contribution in [0.5, 0.6) is 0 Å². The summed E-state index contributed by atoms with van der Waals surface area (Å²) in [5.74, 6) is -0.139. The first-order valence-electron chi connectivity index (χ1n) is 11.9. The second-order valence-corrected chi connectivity index (χ2v) is 10.3. The average Bonchev–Trinajstić information content (AvgIpc) is 3.60. The number of thiophene rings is 1.